The van der Waals surface area contributed by atoms with E-state index in [2.05, 4.69) is 0 Å². The fourth-order valence-electron chi connectivity index (χ4n) is 2.38. The van der Waals surface area contributed by atoms with E-state index in [9.17, 15) is 9.59 Å². The number of ether oxygens (including phenoxy) is 2. The van der Waals surface area contributed by atoms with E-state index < -0.39 is 6.09 Å². The summed E-state index contributed by atoms with van der Waals surface area (Å²) in [5.74, 6) is 0.447. The van der Waals surface area contributed by atoms with E-state index in [-0.39, 0.29) is 30.4 Å². The summed E-state index contributed by atoms with van der Waals surface area (Å²) in [5, 5.41) is 0. The van der Waals surface area contributed by atoms with Crippen molar-refractivity contribution < 1.29 is 19.1 Å². The third-order valence-electron chi connectivity index (χ3n) is 3.63. The molecule has 0 saturated carbocycles. The van der Waals surface area contributed by atoms with Crippen LogP contribution in [0.25, 0.3) is 0 Å². The minimum atomic E-state index is -0.553. The van der Waals surface area contributed by atoms with Crippen molar-refractivity contribution in [3.05, 3.63) is 29.8 Å². The largest absolute Gasteiger partial charge is 0.497 e. The van der Waals surface area contributed by atoms with Crippen LogP contribution in [0.2, 0.25) is 0 Å². The number of imide groups is 1. The first-order valence-electron chi connectivity index (χ1n) is 6.94. The molecule has 5 heteroatoms. The molecule has 0 bridgehead atoms. The minimum Gasteiger partial charge on any atom is -0.497 e. The number of cyclic esters (lactones) is 1. The Balaban J connectivity index is 2.16. The summed E-state index contributed by atoms with van der Waals surface area (Å²) < 4.78 is 10.2. The molecule has 0 radical (unpaired) electrons. The molecule has 1 aromatic rings. The minimum absolute atomic E-state index is 0.152. The molecule has 21 heavy (non-hydrogen) atoms. The molecule has 1 aromatic carbocycles. The molecule has 1 atom stereocenters. The van der Waals surface area contributed by atoms with Gasteiger partial charge in [-0.25, -0.2) is 9.69 Å². The fraction of sp³-hybridized carbons (Fsp3) is 0.500. The van der Waals surface area contributed by atoms with Gasteiger partial charge in [0.25, 0.3) is 0 Å². The van der Waals surface area contributed by atoms with Crippen LogP contribution in [-0.4, -0.2) is 36.7 Å². The third kappa shape index (κ3) is 3.35. The second kappa shape index (κ2) is 5.76. The Kier molecular flexibility index (Phi) is 4.21. The smallest absolute Gasteiger partial charge is 0.417 e. The molecule has 2 amide bonds. The predicted molar refractivity (Wildman–Crippen MR) is 78.1 cm³/mol. The second-order valence-corrected chi connectivity index (χ2v) is 6.25. The van der Waals surface area contributed by atoms with Crippen LogP contribution in [-0.2, 0) is 16.0 Å². The molecule has 0 aliphatic carbocycles. The van der Waals surface area contributed by atoms with Crippen LogP contribution in [0, 0.1) is 5.41 Å². The van der Waals surface area contributed by atoms with Crippen molar-refractivity contribution >= 4 is 12.0 Å². The number of methoxy groups -OCH3 is 1. The lowest BCUT2D eigenvalue weighted by atomic mass is 9.86. The van der Waals surface area contributed by atoms with E-state index in [4.69, 9.17) is 9.47 Å². The second-order valence-electron chi connectivity index (χ2n) is 6.25. The lowest BCUT2D eigenvalue weighted by molar-refractivity contribution is -0.129. The normalized spacial score (nSPS) is 18.6. The van der Waals surface area contributed by atoms with Crippen LogP contribution in [0.5, 0.6) is 5.75 Å². The van der Waals surface area contributed by atoms with Gasteiger partial charge in [-0.2, -0.15) is 0 Å². The van der Waals surface area contributed by atoms with E-state index in [0.29, 0.717) is 5.75 Å². The zero-order valence-corrected chi connectivity index (χ0v) is 12.9. The topological polar surface area (TPSA) is 55.8 Å². The molecular weight excluding hydrogens is 270 g/mol. The molecule has 1 heterocycles. The maximum atomic E-state index is 12.5. The van der Waals surface area contributed by atoms with Crippen molar-refractivity contribution in [2.45, 2.75) is 33.2 Å². The summed E-state index contributed by atoms with van der Waals surface area (Å²) >= 11 is 0. The van der Waals surface area contributed by atoms with Crippen molar-refractivity contribution in [2.24, 2.45) is 5.41 Å². The highest BCUT2D eigenvalue weighted by atomic mass is 16.6. The highest BCUT2D eigenvalue weighted by molar-refractivity contribution is 5.94. The van der Waals surface area contributed by atoms with Crippen LogP contribution in [0.1, 0.15) is 26.3 Å². The van der Waals surface area contributed by atoms with Crippen LogP contribution < -0.4 is 4.74 Å². The summed E-state index contributed by atoms with van der Waals surface area (Å²) in [6.45, 7) is 6.23. The first-order chi connectivity index (χ1) is 9.82. The highest BCUT2D eigenvalue weighted by Crippen LogP contribution is 2.30. The van der Waals surface area contributed by atoms with Gasteiger partial charge in [-0.05, 0) is 23.1 Å². The number of carbonyl (C=O) groups excluding carboxylic acids is 2. The molecule has 114 valence electrons. The number of benzene rings is 1. The quantitative estimate of drug-likeness (QED) is 0.859. The van der Waals surface area contributed by atoms with Gasteiger partial charge in [-0.15, -0.1) is 0 Å². The summed E-state index contributed by atoms with van der Waals surface area (Å²) in [5.41, 5.74) is 0.600. The Bertz CT molecular complexity index is 547. The number of amides is 2. The Morgan fingerprint density at radius 3 is 2.76 bits per heavy atom. The Morgan fingerprint density at radius 2 is 2.14 bits per heavy atom. The number of rotatable bonds is 3. The Morgan fingerprint density at radius 1 is 1.43 bits per heavy atom. The first kappa shape index (κ1) is 15.4. The van der Waals surface area contributed by atoms with Gasteiger partial charge >= 0.3 is 6.09 Å². The fourth-order valence-corrected chi connectivity index (χ4v) is 2.38. The highest BCUT2D eigenvalue weighted by Gasteiger charge is 2.43. The maximum absolute atomic E-state index is 12.5. The lowest BCUT2D eigenvalue weighted by Gasteiger charge is -2.30. The Hall–Kier alpha value is -2.04. The van der Waals surface area contributed by atoms with E-state index in [1.807, 2.05) is 39.0 Å². The molecule has 0 unspecified atom stereocenters. The summed E-state index contributed by atoms with van der Waals surface area (Å²) in [7, 11) is 1.58. The van der Waals surface area contributed by atoms with Crippen LogP contribution in [0.15, 0.2) is 24.3 Å². The van der Waals surface area contributed by atoms with Gasteiger partial charge in [-0.1, -0.05) is 32.9 Å². The zero-order valence-electron chi connectivity index (χ0n) is 12.9. The van der Waals surface area contributed by atoms with Crippen LogP contribution in [0.3, 0.4) is 0 Å². The van der Waals surface area contributed by atoms with Gasteiger partial charge in [-0.3, -0.25) is 4.79 Å². The van der Waals surface area contributed by atoms with Crippen molar-refractivity contribution in [3.63, 3.8) is 0 Å². The number of hydrogen-bond acceptors (Lipinski definition) is 4. The molecule has 0 N–H and O–H groups in total. The summed E-state index contributed by atoms with van der Waals surface area (Å²) in [4.78, 5) is 25.6. The monoisotopic (exact) mass is 291 g/mol. The zero-order chi connectivity index (χ0) is 15.6. The molecular formula is C16H21NO4. The molecule has 1 saturated heterocycles. The van der Waals surface area contributed by atoms with Crippen molar-refractivity contribution in [3.8, 4) is 5.75 Å². The lowest BCUT2D eigenvalue weighted by Crippen LogP contribution is -2.46. The molecule has 0 spiro atoms. The van der Waals surface area contributed by atoms with Gasteiger partial charge in [0.15, 0.2) is 0 Å². The molecule has 1 fully saturated rings. The maximum Gasteiger partial charge on any atom is 0.417 e. The standard InChI is InChI=1S/C16H21NO4/c1-16(2,3)13-10-21-15(19)17(13)14(18)9-11-6-5-7-12(8-11)20-4/h5-8,13H,9-10H2,1-4H3/t13-/m0/s1. The number of hydrogen-bond donors (Lipinski definition) is 0. The van der Waals surface area contributed by atoms with Crippen molar-refractivity contribution in [1.29, 1.82) is 0 Å². The van der Waals surface area contributed by atoms with Crippen LogP contribution in [0.4, 0.5) is 4.79 Å². The molecule has 2 rings (SSSR count). The van der Waals surface area contributed by atoms with Gasteiger partial charge in [0.2, 0.25) is 5.91 Å². The molecule has 1 aliphatic heterocycles. The average molecular weight is 291 g/mol. The molecule has 1 aliphatic rings. The van der Waals surface area contributed by atoms with E-state index in [1.54, 1.807) is 13.2 Å². The van der Waals surface area contributed by atoms with Crippen molar-refractivity contribution in [2.75, 3.05) is 13.7 Å². The van der Waals surface area contributed by atoms with E-state index >= 15 is 0 Å². The van der Waals surface area contributed by atoms with Gasteiger partial charge < -0.3 is 9.47 Å². The number of nitrogens with zero attached hydrogens (tertiary/aromatic N) is 1. The SMILES string of the molecule is COc1cccc(CC(=O)N2C(=O)OC[C@H]2C(C)(C)C)c1. The van der Waals surface area contributed by atoms with Gasteiger partial charge in [0.1, 0.15) is 12.4 Å². The summed E-state index contributed by atoms with van der Waals surface area (Å²) in [6, 6.07) is 7.04. The van der Waals surface area contributed by atoms with E-state index in [0.717, 1.165) is 5.56 Å². The van der Waals surface area contributed by atoms with Gasteiger partial charge in [0.05, 0.1) is 19.6 Å². The van der Waals surface area contributed by atoms with E-state index in [1.165, 1.54) is 4.90 Å². The predicted octanol–water partition coefficient (Wildman–Crippen LogP) is 2.63. The average Bonchev–Trinajstić information content (AvgIpc) is 2.81. The first-order valence-corrected chi connectivity index (χ1v) is 6.94. The Labute approximate surface area is 124 Å². The molecule has 5 nitrogen and oxygen atoms in total. The number of carbonyl (C=O) groups is 2. The van der Waals surface area contributed by atoms with Crippen molar-refractivity contribution in [1.82, 2.24) is 4.90 Å². The third-order valence-corrected chi connectivity index (χ3v) is 3.63. The summed E-state index contributed by atoms with van der Waals surface area (Å²) in [6.07, 6.45) is -0.401. The van der Waals surface area contributed by atoms with Gasteiger partial charge in [0, 0.05) is 0 Å². The molecule has 0 aromatic heterocycles. The van der Waals surface area contributed by atoms with Crippen LogP contribution >= 0.6 is 0 Å².